The number of hydrogen-bond donors (Lipinski definition) is 2. The number of carbonyl (C=O) groups is 1. The molecule has 1 heterocycles. The van der Waals surface area contributed by atoms with Crippen LogP contribution in [-0.4, -0.2) is 31.5 Å². The quantitative estimate of drug-likeness (QED) is 0.368. The van der Waals surface area contributed by atoms with Crippen LogP contribution in [0.5, 0.6) is 0 Å². The Kier molecular flexibility index (Phi) is 15.4. The number of carbonyl (C=O) groups excluding carboxylic acids is 1. The Balaban J connectivity index is 0.000000566. The molecule has 1 atom stereocenters. The van der Waals surface area contributed by atoms with Crippen LogP contribution < -0.4 is 10.6 Å². The molecule has 1 unspecified atom stereocenters. The van der Waals surface area contributed by atoms with E-state index in [9.17, 15) is 4.79 Å². The van der Waals surface area contributed by atoms with Crippen molar-refractivity contribution in [2.45, 2.75) is 54.0 Å². The smallest absolute Gasteiger partial charge is 0.158 e. The van der Waals surface area contributed by atoms with Crippen LogP contribution in [0.15, 0.2) is 71.7 Å². The summed E-state index contributed by atoms with van der Waals surface area (Å²) in [6.45, 7) is 13.9. The molecule has 0 saturated carbocycles. The molecule has 4 nitrogen and oxygen atoms in total. The summed E-state index contributed by atoms with van der Waals surface area (Å²) in [5.74, 6) is 0.148. The van der Waals surface area contributed by atoms with Gasteiger partial charge in [-0.15, -0.1) is 0 Å². The molecule has 2 aliphatic rings. The van der Waals surface area contributed by atoms with Crippen molar-refractivity contribution in [1.82, 2.24) is 10.6 Å². The van der Waals surface area contributed by atoms with Crippen LogP contribution in [0.4, 0.5) is 0 Å². The minimum absolute atomic E-state index is 0.148. The summed E-state index contributed by atoms with van der Waals surface area (Å²) in [7, 11) is 0. The number of hydrogen-bond acceptors (Lipinski definition) is 4. The van der Waals surface area contributed by atoms with Crippen LogP contribution in [-0.2, 0) is 9.53 Å². The highest BCUT2D eigenvalue weighted by atomic mass is 16.5. The molecule has 156 valence electrons. The van der Waals surface area contributed by atoms with E-state index in [1.807, 2.05) is 58.1 Å². The van der Waals surface area contributed by atoms with E-state index >= 15 is 0 Å². The van der Waals surface area contributed by atoms with E-state index in [-0.39, 0.29) is 11.8 Å². The second-order valence-electron chi connectivity index (χ2n) is 6.12. The molecule has 2 N–H and O–H groups in total. The van der Waals surface area contributed by atoms with Gasteiger partial charge < -0.3 is 15.4 Å². The number of nitrogens with one attached hydrogen (secondary N) is 2. The Morgan fingerprint density at radius 2 is 1.96 bits per heavy atom. The zero-order valence-electron chi connectivity index (χ0n) is 18.4. The molecule has 4 heteroatoms. The van der Waals surface area contributed by atoms with Crippen LogP contribution >= 0.6 is 0 Å². The molecule has 0 fully saturated rings. The van der Waals surface area contributed by atoms with Gasteiger partial charge in [-0.05, 0) is 39.7 Å². The molecular weight excluding hydrogens is 348 g/mol. The Morgan fingerprint density at radius 3 is 2.61 bits per heavy atom. The Morgan fingerprint density at radius 1 is 1.21 bits per heavy atom. The summed E-state index contributed by atoms with van der Waals surface area (Å²) in [5.41, 5.74) is 3.16. The molecule has 0 saturated heterocycles. The van der Waals surface area contributed by atoms with Gasteiger partial charge in [-0.3, -0.25) is 4.79 Å². The van der Waals surface area contributed by atoms with Gasteiger partial charge in [-0.25, -0.2) is 0 Å². The highest BCUT2D eigenvalue weighted by Gasteiger charge is 2.19. The van der Waals surface area contributed by atoms with E-state index in [4.69, 9.17) is 4.74 Å². The molecule has 0 aromatic carbocycles. The zero-order chi connectivity index (χ0) is 21.2. The van der Waals surface area contributed by atoms with Crippen molar-refractivity contribution in [1.29, 1.82) is 0 Å². The van der Waals surface area contributed by atoms with Crippen molar-refractivity contribution in [3.05, 3.63) is 71.7 Å². The lowest BCUT2D eigenvalue weighted by Gasteiger charge is -2.18. The second-order valence-corrected chi connectivity index (χ2v) is 6.12. The average molecular weight is 387 g/mol. The van der Waals surface area contributed by atoms with Crippen LogP contribution in [0.1, 0.15) is 48.0 Å². The summed E-state index contributed by atoms with van der Waals surface area (Å²) in [5, 5.41) is 6.65. The summed E-state index contributed by atoms with van der Waals surface area (Å²) in [6, 6.07) is 0.175. The van der Waals surface area contributed by atoms with Gasteiger partial charge in [-0.2, -0.15) is 0 Å². The van der Waals surface area contributed by atoms with Crippen molar-refractivity contribution in [2.24, 2.45) is 0 Å². The normalized spacial score (nSPS) is 18.2. The number of allylic oxidation sites excluding steroid dienone is 6. The molecule has 0 aromatic heterocycles. The molecule has 0 amide bonds. The maximum absolute atomic E-state index is 11.5. The third-order valence-electron chi connectivity index (χ3n) is 3.97. The van der Waals surface area contributed by atoms with Gasteiger partial charge in [0.05, 0.1) is 18.9 Å². The van der Waals surface area contributed by atoms with E-state index < -0.39 is 0 Å². The number of rotatable bonds is 7. The van der Waals surface area contributed by atoms with Gasteiger partial charge in [-0.1, -0.05) is 62.5 Å². The average Bonchev–Trinajstić information content (AvgIpc) is 3.08. The molecule has 2 rings (SSSR count). The fourth-order valence-electron chi connectivity index (χ4n) is 2.52. The Bertz CT molecular complexity index is 611. The number of ketones is 1. The van der Waals surface area contributed by atoms with E-state index in [1.54, 1.807) is 13.2 Å². The first-order valence-electron chi connectivity index (χ1n) is 10.2. The van der Waals surface area contributed by atoms with Crippen molar-refractivity contribution in [3.8, 4) is 0 Å². The van der Waals surface area contributed by atoms with Gasteiger partial charge in [0.15, 0.2) is 5.78 Å². The monoisotopic (exact) mass is 386 g/mol. The van der Waals surface area contributed by atoms with E-state index in [2.05, 4.69) is 35.8 Å². The number of ether oxygens (including phenoxy) is 1. The summed E-state index contributed by atoms with van der Waals surface area (Å²) < 4.78 is 5.05. The van der Waals surface area contributed by atoms with Gasteiger partial charge in [0, 0.05) is 24.4 Å². The number of Topliss-reactive ketones (excluding diaryl/α,β-unsaturated/α-hetero) is 1. The van der Waals surface area contributed by atoms with Crippen LogP contribution in [0.2, 0.25) is 0 Å². The molecule has 0 bridgehead atoms. The SMILES string of the molecule is C/C=C/CCO/C=C/C.CC.CC(=O)C1=C(NC2C=CC=CC=C2C)CNC1. The van der Waals surface area contributed by atoms with Gasteiger partial charge in [0.2, 0.25) is 0 Å². The second kappa shape index (κ2) is 16.8. The Hall–Kier alpha value is -2.33. The zero-order valence-corrected chi connectivity index (χ0v) is 18.4. The lowest BCUT2D eigenvalue weighted by molar-refractivity contribution is -0.113. The largest absolute Gasteiger partial charge is 0.501 e. The maximum Gasteiger partial charge on any atom is 0.158 e. The lowest BCUT2D eigenvalue weighted by atomic mass is 10.1. The highest BCUT2D eigenvalue weighted by molar-refractivity contribution is 5.95. The van der Waals surface area contributed by atoms with E-state index in [0.29, 0.717) is 6.54 Å². The van der Waals surface area contributed by atoms with Crippen molar-refractivity contribution in [3.63, 3.8) is 0 Å². The first kappa shape index (κ1) is 25.7. The fraction of sp³-hybridized carbons (Fsp3) is 0.458. The topological polar surface area (TPSA) is 50.4 Å². The van der Waals surface area contributed by atoms with Crippen molar-refractivity contribution < 1.29 is 9.53 Å². The maximum atomic E-state index is 11.5. The first-order valence-corrected chi connectivity index (χ1v) is 10.2. The molecule has 28 heavy (non-hydrogen) atoms. The molecule has 0 radical (unpaired) electrons. The fourth-order valence-corrected chi connectivity index (χ4v) is 2.52. The highest BCUT2D eigenvalue weighted by Crippen LogP contribution is 2.14. The summed E-state index contributed by atoms with van der Waals surface area (Å²) in [4.78, 5) is 11.5. The van der Waals surface area contributed by atoms with Gasteiger partial charge >= 0.3 is 0 Å². The molecular formula is C24H38N2O2. The van der Waals surface area contributed by atoms with Crippen LogP contribution in [0, 0.1) is 0 Å². The van der Waals surface area contributed by atoms with Crippen molar-refractivity contribution >= 4 is 5.78 Å². The molecule has 0 aromatic rings. The minimum atomic E-state index is 0.148. The third-order valence-corrected chi connectivity index (χ3v) is 3.97. The van der Waals surface area contributed by atoms with Crippen LogP contribution in [0.25, 0.3) is 0 Å². The predicted molar refractivity (Wildman–Crippen MR) is 121 cm³/mol. The Labute approximate surface area is 171 Å². The molecule has 1 aliphatic carbocycles. The first-order chi connectivity index (χ1) is 13.6. The van der Waals surface area contributed by atoms with Crippen molar-refractivity contribution in [2.75, 3.05) is 19.7 Å². The molecule has 0 spiro atoms. The molecule has 1 aliphatic heterocycles. The standard InChI is InChI=1S/C14H18N2O.C8H14O.C2H6/c1-10-6-4-3-5-7-13(10)16-14-9-15-8-12(14)11(2)17;1-3-5-6-8-9-7-4-2;1-2/h3-7,13,15-16H,8-9H2,1-2H3;3-5,7H,6,8H2,1-2H3;1-2H3/b;5-3+,7-4+;. The van der Waals surface area contributed by atoms with Gasteiger partial charge in [0.25, 0.3) is 0 Å². The van der Waals surface area contributed by atoms with Gasteiger partial charge in [0.1, 0.15) is 0 Å². The predicted octanol–water partition coefficient (Wildman–Crippen LogP) is 4.99. The third kappa shape index (κ3) is 10.7. The van der Waals surface area contributed by atoms with E-state index in [0.717, 1.165) is 30.8 Å². The summed E-state index contributed by atoms with van der Waals surface area (Å²) >= 11 is 0. The van der Waals surface area contributed by atoms with Crippen LogP contribution in [0.3, 0.4) is 0 Å². The summed E-state index contributed by atoms with van der Waals surface area (Å²) in [6.07, 6.45) is 19.0. The minimum Gasteiger partial charge on any atom is -0.501 e. The lowest BCUT2D eigenvalue weighted by Crippen LogP contribution is -2.30. The van der Waals surface area contributed by atoms with E-state index in [1.165, 1.54) is 5.57 Å².